The van der Waals surface area contributed by atoms with Gasteiger partial charge < -0.3 is 14.1 Å². The largest absolute Gasteiger partial charge is 0.493 e. The predicted molar refractivity (Wildman–Crippen MR) is 132 cm³/mol. The van der Waals surface area contributed by atoms with Gasteiger partial charge in [0.25, 0.3) is 0 Å². The third-order valence-corrected chi connectivity index (χ3v) is 5.90. The van der Waals surface area contributed by atoms with E-state index >= 15 is 0 Å². The number of furan rings is 1. The maximum atomic E-state index is 12.7. The number of hydrogen-bond donors (Lipinski definition) is 0. The lowest BCUT2D eigenvalue weighted by Crippen LogP contribution is -2.28. The van der Waals surface area contributed by atoms with Gasteiger partial charge in [0.05, 0.1) is 12.9 Å². The van der Waals surface area contributed by atoms with Gasteiger partial charge in [0, 0.05) is 41.7 Å². The van der Waals surface area contributed by atoms with Crippen molar-refractivity contribution in [3.8, 4) is 16.9 Å². The van der Waals surface area contributed by atoms with E-state index < -0.39 is 0 Å². The Bertz CT molecular complexity index is 1290. The second kappa shape index (κ2) is 9.31. The zero-order chi connectivity index (χ0) is 22.7. The first-order chi connectivity index (χ1) is 15.6. The third-order valence-electron chi connectivity index (χ3n) is 5.90. The van der Waals surface area contributed by atoms with Crippen LogP contribution in [0.4, 0.5) is 0 Å². The molecule has 0 aliphatic heterocycles. The summed E-state index contributed by atoms with van der Waals surface area (Å²) in [5.74, 6) is 0.733. The molecule has 0 spiro atoms. The zero-order valence-electron chi connectivity index (χ0n) is 19.1. The van der Waals surface area contributed by atoms with E-state index in [0.717, 1.165) is 39.0 Å². The Morgan fingerprint density at radius 3 is 2.47 bits per heavy atom. The molecule has 4 rings (SSSR count). The molecule has 3 aromatic carbocycles. The van der Waals surface area contributed by atoms with Crippen molar-refractivity contribution < 1.29 is 13.9 Å². The number of carbonyl (C=O) groups excluding carboxylic acids is 1. The molecule has 0 fully saturated rings. The average molecular weight is 428 g/mol. The second-order valence-electron chi connectivity index (χ2n) is 7.79. The second-order valence-corrected chi connectivity index (χ2v) is 7.79. The molecular formula is C28H29NO3. The maximum Gasteiger partial charge on any atom is 0.246 e. The fourth-order valence-electron chi connectivity index (χ4n) is 4.20. The molecule has 4 nitrogen and oxygen atoms in total. The van der Waals surface area contributed by atoms with Crippen LogP contribution >= 0.6 is 0 Å². The Kier molecular flexibility index (Phi) is 6.31. The summed E-state index contributed by atoms with van der Waals surface area (Å²) in [6.07, 6.45) is 3.51. The van der Waals surface area contributed by atoms with Crippen LogP contribution in [0.25, 0.3) is 38.4 Å². The van der Waals surface area contributed by atoms with Crippen molar-refractivity contribution in [3.63, 3.8) is 0 Å². The Morgan fingerprint density at radius 1 is 0.969 bits per heavy atom. The highest BCUT2D eigenvalue weighted by atomic mass is 16.5. The molecule has 0 unspecified atom stereocenters. The lowest BCUT2D eigenvalue weighted by atomic mass is 9.96. The molecule has 4 heteroatoms. The minimum absolute atomic E-state index is 0.0107. The standard InChI is InChI=1S/C28H29NO3/c1-5-29(6-2)28(30)15-19(4)23-16-24-25(18-32-27(24)17-26(23)31-7-3)22-14-10-12-20-11-8-9-13-21(20)22/h8-18H,5-7H2,1-4H3/b19-15+. The molecule has 0 bridgehead atoms. The summed E-state index contributed by atoms with van der Waals surface area (Å²) in [5, 5.41) is 3.37. The Balaban J connectivity index is 1.88. The number of nitrogens with zero attached hydrogens (tertiary/aromatic N) is 1. The number of likely N-dealkylation sites (N-methyl/N-ethyl adjacent to an activating group) is 1. The average Bonchev–Trinajstić information content (AvgIpc) is 3.21. The van der Waals surface area contributed by atoms with Gasteiger partial charge in [-0.25, -0.2) is 0 Å². The fraction of sp³-hybridized carbons (Fsp3) is 0.250. The molecule has 4 aromatic rings. The quantitative estimate of drug-likeness (QED) is 0.301. The van der Waals surface area contributed by atoms with Crippen LogP contribution in [0.3, 0.4) is 0 Å². The lowest BCUT2D eigenvalue weighted by molar-refractivity contribution is -0.125. The third kappa shape index (κ3) is 4.01. The van der Waals surface area contributed by atoms with Gasteiger partial charge in [-0.2, -0.15) is 0 Å². The molecule has 0 saturated carbocycles. The van der Waals surface area contributed by atoms with Crippen molar-refractivity contribution in [1.29, 1.82) is 0 Å². The molecular weight excluding hydrogens is 398 g/mol. The van der Waals surface area contributed by atoms with Gasteiger partial charge in [0.2, 0.25) is 5.91 Å². The van der Waals surface area contributed by atoms with Crippen LogP contribution in [0.5, 0.6) is 5.75 Å². The minimum Gasteiger partial charge on any atom is -0.493 e. The summed E-state index contributed by atoms with van der Waals surface area (Å²) in [7, 11) is 0. The predicted octanol–water partition coefficient (Wildman–Crippen LogP) is 6.92. The number of ether oxygens (including phenoxy) is 1. The van der Waals surface area contributed by atoms with Crippen molar-refractivity contribution in [2.75, 3.05) is 19.7 Å². The zero-order valence-corrected chi connectivity index (χ0v) is 19.1. The summed E-state index contributed by atoms with van der Waals surface area (Å²) < 4.78 is 11.9. The highest BCUT2D eigenvalue weighted by Crippen LogP contribution is 2.39. The normalized spacial score (nSPS) is 11.8. The minimum atomic E-state index is 0.0107. The highest BCUT2D eigenvalue weighted by molar-refractivity contribution is 6.06. The van der Waals surface area contributed by atoms with Gasteiger partial charge in [-0.3, -0.25) is 4.79 Å². The summed E-state index contributed by atoms with van der Waals surface area (Å²) >= 11 is 0. The molecule has 0 aliphatic rings. The number of rotatable bonds is 7. The Hall–Kier alpha value is -3.53. The summed E-state index contributed by atoms with van der Waals surface area (Å²) in [4.78, 5) is 14.5. The molecule has 0 radical (unpaired) electrons. The number of allylic oxidation sites excluding steroid dienone is 1. The van der Waals surface area contributed by atoms with E-state index in [1.54, 1.807) is 6.08 Å². The monoisotopic (exact) mass is 427 g/mol. The van der Waals surface area contributed by atoms with E-state index in [-0.39, 0.29) is 5.91 Å². The van der Waals surface area contributed by atoms with E-state index in [4.69, 9.17) is 9.15 Å². The first-order valence-electron chi connectivity index (χ1n) is 11.2. The first kappa shape index (κ1) is 21.7. The van der Waals surface area contributed by atoms with Crippen molar-refractivity contribution in [2.24, 2.45) is 0 Å². The molecule has 1 amide bonds. The van der Waals surface area contributed by atoms with Gasteiger partial charge in [-0.1, -0.05) is 42.5 Å². The van der Waals surface area contributed by atoms with Crippen molar-refractivity contribution in [1.82, 2.24) is 4.90 Å². The molecule has 0 saturated heterocycles. The Labute approximate surface area is 189 Å². The Morgan fingerprint density at radius 2 is 1.72 bits per heavy atom. The van der Waals surface area contributed by atoms with Crippen molar-refractivity contribution in [3.05, 3.63) is 72.5 Å². The molecule has 1 aromatic heterocycles. The molecule has 164 valence electrons. The molecule has 0 atom stereocenters. The van der Waals surface area contributed by atoms with Crippen LogP contribution < -0.4 is 4.74 Å². The van der Waals surface area contributed by atoms with Crippen LogP contribution in [-0.4, -0.2) is 30.5 Å². The summed E-state index contributed by atoms with van der Waals surface area (Å²) in [6.45, 7) is 9.80. The van der Waals surface area contributed by atoms with Crippen LogP contribution in [0.1, 0.15) is 33.3 Å². The van der Waals surface area contributed by atoms with E-state index in [1.807, 2.05) is 51.0 Å². The molecule has 1 heterocycles. The number of benzene rings is 3. The smallest absolute Gasteiger partial charge is 0.246 e. The van der Waals surface area contributed by atoms with Crippen molar-refractivity contribution in [2.45, 2.75) is 27.7 Å². The summed E-state index contributed by atoms with van der Waals surface area (Å²) in [6, 6.07) is 18.7. The van der Waals surface area contributed by atoms with Crippen LogP contribution in [0, 0.1) is 0 Å². The topological polar surface area (TPSA) is 42.7 Å². The van der Waals surface area contributed by atoms with Gasteiger partial charge in [-0.05, 0) is 55.7 Å². The SMILES string of the molecule is CCOc1cc2occ(-c3cccc4ccccc34)c2cc1/C(C)=C/C(=O)N(CC)CC. The number of amides is 1. The number of hydrogen-bond acceptors (Lipinski definition) is 3. The van der Waals surface area contributed by atoms with Gasteiger partial charge in [0.15, 0.2) is 0 Å². The van der Waals surface area contributed by atoms with Crippen LogP contribution in [0.2, 0.25) is 0 Å². The molecule has 32 heavy (non-hydrogen) atoms. The number of carbonyl (C=O) groups is 1. The van der Waals surface area contributed by atoms with Crippen molar-refractivity contribution >= 4 is 33.2 Å². The van der Waals surface area contributed by atoms with E-state index in [9.17, 15) is 4.79 Å². The summed E-state index contributed by atoms with van der Waals surface area (Å²) in [5.41, 5.74) is 4.70. The lowest BCUT2D eigenvalue weighted by Gasteiger charge is -2.17. The van der Waals surface area contributed by atoms with E-state index in [2.05, 4.69) is 42.5 Å². The van der Waals surface area contributed by atoms with Crippen LogP contribution in [-0.2, 0) is 4.79 Å². The van der Waals surface area contributed by atoms with E-state index in [0.29, 0.717) is 19.7 Å². The molecule has 0 aliphatic carbocycles. The van der Waals surface area contributed by atoms with Gasteiger partial charge in [-0.15, -0.1) is 0 Å². The van der Waals surface area contributed by atoms with Crippen LogP contribution in [0.15, 0.2) is 71.4 Å². The first-order valence-corrected chi connectivity index (χ1v) is 11.2. The van der Waals surface area contributed by atoms with E-state index in [1.165, 1.54) is 10.8 Å². The molecule has 0 N–H and O–H groups in total. The maximum absolute atomic E-state index is 12.7. The van der Waals surface area contributed by atoms with Gasteiger partial charge >= 0.3 is 0 Å². The van der Waals surface area contributed by atoms with Gasteiger partial charge in [0.1, 0.15) is 11.3 Å². The fourth-order valence-corrected chi connectivity index (χ4v) is 4.20. The highest BCUT2D eigenvalue weighted by Gasteiger charge is 2.17. The number of fused-ring (bicyclic) bond motifs is 2.